The maximum absolute atomic E-state index is 12.1. The highest BCUT2D eigenvalue weighted by Crippen LogP contribution is 2.23. The van der Waals surface area contributed by atoms with E-state index in [4.69, 9.17) is 14.2 Å². The Morgan fingerprint density at radius 1 is 0.897 bits per heavy atom. The van der Waals surface area contributed by atoms with Gasteiger partial charge in [0.05, 0.1) is 26.3 Å². The molecule has 2 aromatic rings. The first-order chi connectivity index (χ1) is 13.8. The van der Waals surface area contributed by atoms with E-state index in [0.29, 0.717) is 17.2 Å². The van der Waals surface area contributed by atoms with Crippen LogP contribution in [-0.4, -0.2) is 45.2 Å². The first-order valence-corrected chi connectivity index (χ1v) is 8.87. The fourth-order valence-corrected chi connectivity index (χ4v) is 2.56. The number of ether oxygens (including phenoxy) is 3. The molecule has 0 aliphatic carbocycles. The van der Waals surface area contributed by atoms with Gasteiger partial charge in [0.25, 0.3) is 5.91 Å². The average molecular weight is 400 g/mol. The molecule has 0 radical (unpaired) electrons. The molecule has 0 unspecified atom stereocenters. The van der Waals surface area contributed by atoms with Crippen molar-refractivity contribution < 1.29 is 28.6 Å². The van der Waals surface area contributed by atoms with Gasteiger partial charge < -0.3 is 24.8 Å². The Kier molecular flexibility index (Phi) is 7.59. The monoisotopic (exact) mass is 400 g/mol. The van der Waals surface area contributed by atoms with Gasteiger partial charge in [-0.05, 0) is 37.1 Å². The van der Waals surface area contributed by atoms with Gasteiger partial charge in [0.1, 0.15) is 11.5 Å². The number of carbonyl (C=O) groups excluding carboxylic acids is 3. The Hall–Kier alpha value is -3.55. The molecule has 29 heavy (non-hydrogen) atoms. The van der Waals surface area contributed by atoms with E-state index in [2.05, 4.69) is 10.6 Å². The zero-order valence-electron chi connectivity index (χ0n) is 16.8. The summed E-state index contributed by atoms with van der Waals surface area (Å²) < 4.78 is 15.2. The predicted octanol–water partition coefficient (Wildman–Crippen LogP) is 2.23. The molecule has 0 aliphatic rings. The van der Waals surface area contributed by atoms with Crippen LogP contribution in [0.25, 0.3) is 0 Å². The van der Waals surface area contributed by atoms with E-state index in [9.17, 15) is 14.4 Å². The third-order valence-electron chi connectivity index (χ3n) is 4.11. The summed E-state index contributed by atoms with van der Waals surface area (Å²) in [5, 5.41) is 5.18. The Morgan fingerprint density at radius 3 is 2.03 bits per heavy atom. The van der Waals surface area contributed by atoms with E-state index >= 15 is 0 Å². The second kappa shape index (κ2) is 10.1. The van der Waals surface area contributed by atoms with Crippen LogP contribution in [0.5, 0.6) is 11.5 Å². The zero-order valence-corrected chi connectivity index (χ0v) is 16.8. The fourth-order valence-electron chi connectivity index (χ4n) is 2.56. The van der Waals surface area contributed by atoms with Crippen LogP contribution in [-0.2, 0) is 14.3 Å². The summed E-state index contributed by atoms with van der Waals surface area (Å²) in [4.78, 5) is 36.1. The highest BCUT2D eigenvalue weighted by molar-refractivity contribution is 5.96. The van der Waals surface area contributed by atoms with Gasteiger partial charge in [-0.1, -0.05) is 18.2 Å². The SMILES string of the molecule is COc1cc(OC)cc(C(=O)OCC(=O)NCC(=O)Nc2c(C)cccc2C)c1. The van der Waals surface area contributed by atoms with E-state index in [1.165, 1.54) is 26.4 Å². The first kappa shape index (κ1) is 21.7. The Morgan fingerprint density at radius 2 is 1.48 bits per heavy atom. The molecule has 0 atom stereocenters. The second-order valence-corrected chi connectivity index (χ2v) is 6.27. The average Bonchev–Trinajstić information content (AvgIpc) is 2.72. The molecule has 0 saturated heterocycles. The smallest absolute Gasteiger partial charge is 0.338 e. The van der Waals surface area contributed by atoms with Crippen LogP contribution in [0.1, 0.15) is 21.5 Å². The van der Waals surface area contributed by atoms with Gasteiger partial charge in [0.2, 0.25) is 5.91 Å². The number of hydrogen-bond acceptors (Lipinski definition) is 6. The van der Waals surface area contributed by atoms with Crippen LogP contribution in [0.2, 0.25) is 0 Å². The molecule has 0 saturated carbocycles. The van der Waals surface area contributed by atoms with Crippen molar-refractivity contribution in [3.05, 3.63) is 53.1 Å². The summed E-state index contributed by atoms with van der Waals surface area (Å²) in [6, 6.07) is 10.2. The molecule has 2 aromatic carbocycles. The lowest BCUT2D eigenvalue weighted by molar-refractivity contribution is -0.126. The molecule has 8 nitrogen and oxygen atoms in total. The quantitative estimate of drug-likeness (QED) is 0.659. The Bertz CT molecular complexity index is 868. The molecular weight excluding hydrogens is 376 g/mol. The van der Waals surface area contributed by atoms with Crippen LogP contribution in [0.4, 0.5) is 5.69 Å². The van der Waals surface area contributed by atoms with Gasteiger partial charge in [-0.2, -0.15) is 0 Å². The van der Waals surface area contributed by atoms with Crippen LogP contribution in [0, 0.1) is 13.8 Å². The minimum atomic E-state index is -0.711. The van der Waals surface area contributed by atoms with Crippen LogP contribution < -0.4 is 20.1 Å². The zero-order chi connectivity index (χ0) is 21.4. The maximum atomic E-state index is 12.1. The molecule has 154 valence electrons. The number of amides is 2. The predicted molar refractivity (Wildman–Crippen MR) is 107 cm³/mol. The van der Waals surface area contributed by atoms with Gasteiger partial charge in [-0.25, -0.2) is 4.79 Å². The lowest BCUT2D eigenvalue weighted by atomic mass is 10.1. The molecule has 0 heterocycles. The van der Waals surface area contributed by atoms with E-state index < -0.39 is 18.5 Å². The Labute approximate surface area is 169 Å². The normalized spacial score (nSPS) is 10.1. The van der Waals surface area contributed by atoms with Crippen molar-refractivity contribution in [2.45, 2.75) is 13.8 Å². The topological polar surface area (TPSA) is 103 Å². The Balaban J connectivity index is 1.84. The number of benzene rings is 2. The summed E-state index contributed by atoms with van der Waals surface area (Å²) in [6.07, 6.45) is 0. The summed E-state index contributed by atoms with van der Waals surface area (Å²) in [7, 11) is 2.92. The van der Waals surface area contributed by atoms with Crippen LogP contribution in [0.3, 0.4) is 0 Å². The maximum Gasteiger partial charge on any atom is 0.338 e. The van der Waals surface area contributed by atoms with Crippen molar-refractivity contribution >= 4 is 23.5 Å². The highest BCUT2D eigenvalue weighted by atomic mass is 16.5. The lowest BCUT2D eigenvalue weighted by Gasteiger charge is -2.12. The van der Waals surface area contributed by atoms with Crippen LogP contribution in [0.15, 0.2) is 36.4 Å². The number of aryl methyl sites for hydroxylation is 2. The third-order valence-corrected chi connectivity index (χ3v) is 4.11. The van der Waals surface area contributed by atoms with Gasteiger partial charge in [0.15, 0.2) is 6.61 Å². The molecular formula is C21H24N2O6. The number of carbonyl (C=O) groups is 3. The molecule has 2 N–H and O–H groups in total. The largest absolute Gasteiger partial charge is 0.497 e. The lowest BCUT2D eigenvalue weighted by Crippen LogP contribution is -2.35. The van der Waals surface area contributed by atoms with Crippen molar-refractivity contribution in [3.8, 4) is 11.5 Å². The molecule has 0 spiro atoms. The molecule has 8 heteroatoms. The number of hydrogen-bond donors (Lipinski definition) is 2. The number of anilines is 1. The standard InChI is InChI=1S/C21H24N2O6/c1-13-6-5-7-14(2)20(13)23-18(24)11-22-19(25)12-29-21(26)15-8-16(27-3)10-17(9-15)28-4/h5-10H,11-12H2,1-4H3,(H,22,25)(H,23,24). The van der Waals surface area contributed by atoms with E-state index in [-0.39, 0.29) is 18.0 Å². The summed E-state index contributed by atoms with van der Waals surface area (Å²) in [5.41, 5.74) is 2.74. The number of rotatable bonds is 8. The van der Waals surface area contributed by atoms with Gasteiger partial charge in [0, 0.05) is 11.8 Å². The summed E-state index contributed by atoms with van der Waals surface area (Å²) in [5.74, 6) is -0.838. The van der Waals surface area contributed by atoms with Gasteiger partial charge in [-0.15, -0.1) is 0 Å². The van der Waals surface area contributed by atoms with Crippen molar-refractivity contribution in [2.24, 2.45) is 0 Å². The van der Waals surface area contributed by atoms with Crippen LogP contribution >= 0.6 is 0 Å². The number of esters is 1. The number of methoxy groups -OCH3 is 2. The third kappa shape index (κ3) is 6.24. The van der Waals surface area contributed by atoms with E-state index in [1.54, 1.807) is 6.07 Å². The molecule has 2 amide bonds. The number of nitrogens with one attached hydrogen (secondary N) is 2. The van der Waals surface area contributed by atoms with E-state index in [1.807, 2.05) is 32.0 Å². The minimum Gasteiger partial charge on any atom is -0.497 e. The van der Waals surface area contributed by atoms with E-state index in [0.717, 1.165) is 11.1 Å². The number of para-hydroxylation sites is 1. The molecule has 0 bridgehead atoms. The fraction of sp³-hybridized carbons (Fsp3) is 0.286. The molecule has 0 fully saturated rings. The summed E-state index contributed by atoms with van der Waals surface area (Å²) in [6.45, 7) is 3.01. The van der Waals surface area contributed by atoms with Crippen molar-refractivity contribution in [1.82, 2.24) is 5.32 Å². The minimum absolute atomic E-state index is 0.182. The first-order valence-electron chi connectivity index (χ1n) is 8.87. The molecule has 2 rings (SSSR count). The van der Waals surface area contributed by atoms with Gasteiger partial charge in [-0.3, -0.25) is 9.59 Å². The van der Waals surface area contributed by atoms with Gasteiger partial charge >= 0.3 is 5.97 Å². The molecule has 0 aromatic heterocycles. The second-order valence-electron chi connectivity index (χ2n) is 6.27. The van der Waals surface area contributed by atoms with Crippen molar-refractivity contribution in [1.29, 1.82) is 0 Å². The highest BCUT2D eigenvalue weighted by Gasteiger charge is 2.14. The van der Waals surface area contributed by atoms with Crippen molar-refractivity contribution in [3.63, 3.8) is 0 Å². The van der Waals surface area contributed by atoms with Crippen molar-refractivity contribution in [2.75, 3.05) is 32.7 Å². The summed E-state index contributed by atoms with van der Waals surface area (Å²) >= 11 is 0. The molecule has 0 aliphatic heterocycles.